The summed E-state index contributed by atoms with van der Waals surface area (Å²) in [7, 11) is 0. The lowest BCUT2D eigenvalue weighted by molar-refractivity contribution is -0.118. The van der Waals surface area contributed by atoms with Crippen molar-refractivity contribution in [2.24, 2.45) is 0 Å². The molecule has 2 heterocycles. The molecular weight excluding hydrogens is 328 g/mol. The standard InChI is InChI=1S/C16H16N4OS2/c1-11-5-2-3-6-12(11)9-17-14(21)10-23-16-18-15(19-20-16)13-7-4-8-22-13/h2-8H,9-10H2,1H3,(H,17,21)(H,18,19,20). The summed E-state index contributed by atoms with van der Waals surface area (Å²) in [5, 5.41) is 12.5. The molecule has 3 aromatic rings. The largest absolute Gasteiger partial charge is 0.351 e. The Balaban J connectivity index is 1.49. The van der Waals surface area contributed by atoms with Gasteiger partial charge in [0.05, 0.1) is 10.6 Å². The molecule has 23 heavy (non-hydrogen) atoms. The molecule has 0 aliphatic heterocycles. The summed E-state index contributed by atoms with van der Waals surface area (Å²) in [4.78, 5) is 17.4. The zero-order valence-corrected chi connectivity index (χ0v) is 14.2. The first-order valence-electron chi connectivity index (χ1n) is 7.12. The normalized spacial score (nSPS) is 10.7. The van der Waals surface area contributed by atoms with Crippen LogP contribution in [0.4, 0.5) is 0 Å². The fourth-order valence-electron chi connectivity index (χ4n) is 2.02. The van der Waals surface area contributed by atoms with Gasteiger partial charge in [-0.05, 0) is 29.5 Å². The van der Waals surface area contributed by atoms with Crippen LogP contribution in [0.15, 0.2) is 46.9 Å². The molecule has 118 valence electrons. The SMILES string of the molecule is Cc1ccccc1CNC(=O)CSc1n[nH]c(-c2cccs2)n1. The minimum absolute atomic E-state index is 0.0271. The quantitative estimate of drug-likeness (QED) is 0.674. The fraction of sp³-hybridized carbons (Fsp3) is 0.188. The van der Waals surface area contributed by atoms with E-state index < -0.39 is 0 Å². The molecule has 0 bridgehead atoms. The third-order valence-corrected chi connectivity index (χ3v) is 5.01. The van der Waals surface area contributed by atoms with Gasteiger partial charge in [-0.1, -0.05) is 42.1 Å². The van der Waals surface area contributed by atoms with E-state index in [1.807, 2.05) is 48.7 Å². The van der Waals surface area contributed by atoms with Gasteiger partial charge in [-0.2, -0.15) is 0 Å². The molecule has 5 nitrogen and oxygen atoms in total. The van der Waals surface area contributed by atoms with Crippen molar-refractivity contribution in [3.8, 4) is 10.7 Å². The number of hydrogen-bond acceptors (Lipinski definition) is 5. The zero-order valence-electron chi connectivity index (χ0n) is 12.6. The molecule has 2 N–H and O–H groups in total. The van der Waals surface area contributed by atoms with Crippen molar-refractivity contribution in [3.63, 3.8) is 0 Å². The Hall–Kier alpha value is -2.12. The second-order valence-electron chi connectivity index (χ2n) is 4.94. The second kappa shape index (κ2) is 7.43. The van der Waals surface area contributed by atoms with E-state index >= 15 is 0 Å². The number of thiophene rings is 1. The molecule has 0 saturated heterocycles. The lowest BCUT2D eigenvalue weighted by atomic mass is 10.1. The molecule has 2 aromatic heterocycles. The average Bonchev–Trinajstić information content (AvgIpc) is 3.23. The summed E-state index contributed by atoms with van der Waals surface area (Å²) in [5.41, 5.74) is 2.30. The average molecular weight is 344 g/mol. The van der Waals surface area contributed by atoms with Gasteiger partial charge in [-0.3, -0.25) is 9.89 Å². The van der Waals surface area contributed by atoms with Crippen molar-refractivity contribution in [2.75, 3.05) is 5.75 Å². The Morgan fingerprint density at radius 2 is 2.17 bits per heavy atom. The Kier molecular flexibility index (Phi) is 5.09. The first kappa shape index (κ1) is 15.8. The number of aromatic nitrogens is 3. The molecular formula is C16H16N4OS2. The predicted molar refractivity (Wildman–Crippen MR) is 93.4 cm³/mol. The summed E-state index contributed by atoms with van der Waals surface area (Å²) < 4.78 is 0. The molecule has 7 heteroatoms. The molecule has 0 radical (unpaired) electrons. The summed E-state index contributed by atoms with van der Waals surface area (Å²) >= 11 is 2.92. The van der Waals surface area contributed by atoms with E-state index in [0.29, 0.717) is 17.5 Å². The Labute approximate surface area is 142 Å². The molecule has 0 unspecified atom stereocenters. The van der Waals surface area contributed by atoms with E-state index in [2.05, 4.69) is 20.5 Å². The number of benzene rings is 1. The smallest absolute Gasteiger partial charge is 0.230 e. The van der Waals surface area contributed by atoms with Gasteiger partial charge in [0.1, 0.15) is 0 Å². The molecule has 0 fully saturated rings. The molecule has 0 spiro atoms. The maximum atomic E-state index is 11.9. The third kappa shape index (κ3) is 4.20. The van der Waals surface area contributed by atoms with Gasteiger partial charge in [-0.15, -0.1) is 16.4 Å². The number of aromatic amines is 1. The lowest BCUT2D eigenvalue weighted by Crippen LogP contribution is -2.24. The predicted octanol–water partition coefficient (Wildman–Crippen LogP) is 3.25. The van der Waals surface area contributed by atoms with Crippen LogP contribution in [0.3, 0.4) is 0 Å². The van der Waals surface area contributed by atoms with E-state index in [1.54, 1.807) is 11.3 Å². The third-order valence-electron chi connectivity index (χ3n) is 3.29. The van der Waals surface area contributed by atoms with Crippen LogP contribution in [0.5, 0.6) is 0 Å². The second-order valence-corrected chi connectivity index (χ2v) is 6.83. The number of nitrogens with zero attached hydrogens (tertiary/aromatic N) is 2. The monoisotopic (exact) mass is 344 g/mol. The van der Waals surface area contributed by atoms with Crippen molar-refractivity contribution >= 4 is 29.0 Å². The van der Waals surface area contributed by atoms with Crippen LogP contribution in [0.25, 0.3) is 10.7 Å². The number of nitrogens with one attached hydrogen (secondary N) is 2. The summed E-state index contributed by atoms with van der Waals surface area (Å²) in [6, 6.07) is 12.0. The van der Waals surface area contributed by atoms with Gasteiger partial charge in [0, 0.05) is 6.54 Å². The van der Waals surface area contributed by atoms with Crippen LogP contribution in [0.2, 0.25) is 0 Å². The van der Waals surface area contributed by atoms with Gasteiger partial charge in [-0.25, -0.2) is 4.98 Å². The molecule has 1 amide bonds. The first-order valence-corrected chi connectivity index (χ1v) is 8.99. The zero-order chi connectivity index (χ0) is 16.1. The van der Waals surface area contributed by atoms with E-state index in [-0.39, 0.29) is 5.91 Å². The first-order chi connectivity index (χ1) is 11.2. The molecule has 0 saturated carbocycles. The summed E-state index contributed by atoms with van der Waals surface area (Å²) in [6.45, 7) is 2.58. The van der Waals surface area contributed by atoms with Crippen LogP contribution >= 0.6 is 23.1 Å². The van der Waals surface area contributed by atoms with Crippen LogP contribution < -0.4 is 5.32 Å². The minimum atomic E-state index is -0.0271. The maximum Gasteiger partial charge on any atom is 0.230 e. The molecule has 0 aliphatic rings. The van der Waals surface area contributed by atoms with Gasteiger partial charge in [0.25, 0.3) is 0 Å². The number of thioether (sulfide) groups is 1. The Bertz CT molecular complexity index is 783. The van der Waals surface area contributed by atoms with Gasteiger partial charge in [0.2, 0.25) is 11.1 Å². The van der Waals surface area contributed by atoms with Crippen molar-refractivity contribution in [1.82, 2.24) is 20.5 Å². The number of aryl methyl sites for hydroxylation is 1. The van der Waals surface area contributed by atoms with E-state index in [4.69, 9.17) is 0 Å². The molecule has 1 aromatic carbocycles. The van der Waals surface area contributed by atoms with E-state index in [9.17, 15) is 4.79 Å². The number of hydrogen-bond donors (Lipinski definition) is 2. The fourth-order valence-corrected chi connectivity index (χ4v) is 3.31. The van der Waals surface area contributed by atoms with Crippen molar-refractivity contribution in [2.45, 2.75) is 18.6 Å². The van der Waals surface area contributed by atoms with Crippen LogP contribution in [-0.4, -0.2) is 26.8 Å². The highest BCUT2D eigenvalue weighted by Crippen LogP contribution is 2.23. The molecule has 0 aliphatic carbocycles. The number of carbonyl (C=O) groups excluding carboxylic acids is 1. The number of H-pyrrole nitrogens is 1. The highest BCUT2D eigenvalue weighted by Gasteiger charge is 2.09. The maximum absolute atomic E-state index is 11.9. The van der Waals surface area contributed by atoms with Gasteiger partial charge >= 0.3 is 0 Å². The summed E-state index contributed by atoms with van der Waals surface area (Å²) in [6.07, 6.45) is 0. The van der Waals surface area contributed by atoms with E-state index in [0.717, 1.165) is 16.3 Å². The van der Waals surface area contributed by atoms with Crippen molar-refractivity contribution in [1.29, 1.82) is 0 Å². The highest BCUT2D eigenvalue weighted by molar-refractivity contribution is 7.99. The van der Waals surface area contributed by atoms with Crippen LogP contribution in [0.1, 0.15) is 11.1 Å². The van der Waals surface area contributed by atoms with Crippen LogP contribution in [-0.2, 0) is 11.3 Å². The van der Waals surface area contributed by atoms with Crippen molar-refractivity contribution < 1.29 is 4.79 Å². The highest BCUT2D eigenvalue weighted by atomic mass is 32.2. The molecule has 0 atom stereocenters. The lowest BCUT2D eigenvalue weighted by Gasteiger charge is -2.06. The Morgan fingerprint density at radius 1 is 1.30 bits per heavy atom. The minimum Gasteiger partial charge on any atom is -0.351 e. The van der Waals surface area contributed by atoms with Crippen LogP contribution in [0, 0.1) is 6.92 Å². The van der Waals surface area contributed by atoms with E-state index in [1.165, 1.54) is 17.3 Å². The van der Waals surface area contributed by atoms with Crippen molar-refractivity contribution in [3.05, 3.63) is 52.9 Å². The van der Waals surface area contributed by atoms with Gasteiger partial charge in [0.15, 0.2) is 5.82 Å². The number of carbonyl (C=O) groups is 1. The number of rotatable bonds is 6. The number of amides is 1. The van der Waals surface area contributed by atoms with Gasteiger partial charge < -0.3 is 5.32 Å². The summed E-state index contributed by atoms with van der Waals surface area (Å²) in [5.74, 6) is 1.01. The molecule has 3 rings (SSSR count). The topological polar surface area (TPSA) is 70.7 Å². The Morgan fingerprint density at radius 3 is 2.96 bits per heavy atom.